The molecule has 0 aliphatic carbocycles. The van der Waals surface area contributed by atoms with E-state index in [4.69, 9.17) is 37.8 Å². The first kappa shape index (κ1) is 34.6. The first-order valence-electron chi connectivity index (χ1n) is 12.6. The third-order valence-electron chi connectivity index (χ3n) is 5.87. The number of carbonyl (C=O) groups is 2. The normalized spacial score (nSPS) is 11.8. The minimum Gasteiger partial charge on any atom is -0.487 e. The van der Waals surface area contributed by atoms with Gasteiger partial charge in [-0.15, -0.1) is 0 Å². The van der Waals surface area contributed by atoms with E-state index >= 15 is 0 Å². The van der Waals surface area contributed by atoms with E-state index in [2.05, 4.69) is 15.0 Å². The number of amides is 1. The molecule has 0 aliphatic rings. The summed E-state index contributed by atoms with van der Waals surface area (Å²) in [6, 6.07) is 20.9. The number of pyridine rings is 1. The number of sulfonamides is 1. The molecule has 4 aromatic rings. The number of carboxylic acid groups (broad SMARTS) is 1. The standard InChI is InChI=1S/C27H25Cl2N3O4S.C2HF3O2/c1-17-12-13-18-8-7-11-22(25(18)30-17)36-16-20-21(28)14-15-23(24(20)29)37(34,35)32-27(2,3)26(33)31-19-9-5-4-6-10-19;3-2(4,5)1(6)7/h4-15,32H,16H2,1-3H3,(H,31,33);(H,6,7). The van der Waals surface area contributed by atoms with Crippen LogP contribution in [0.2, 0.25) is 10.0 Å². The van der Waals surface area contributed by atoms with Gasteiger partial charge in [0.1, 0.15) is 28.3 Å². The number of aromatic nitrogens is 1. The third-order valence-corrected chi connectivity index (χ3v) is 8.46. The summed E-state index contributed by atoms with van der Waals surface area (Å²) in [5.74, 6) is -2.78. The third kappa shape index (κ3) is 8.82. The molecule has 234 valence electrons. The summed E-state index contributed by atoms with van der Waals surface area (Å²) in [5.41, 5.74) is 0.856. The molecule has 1 amide bonds. The Kier molecular flexibility index (Phi) is 10.9. The summed E-state index contributed by atoms with van der Waals surface area (Å²) < 4.78 is 66.8. The summed E-state index contributed by atoms with van der Waals surface area (Å²) in [6.07, 6.45) is -5.08. The molecule has 0 fully saturated rings. The van der Waals surface area contributed by atoms with Crippen molar-refractivity contribution >= 4 is 61.7 Å². The zero-order valence-corrected chi connectivity index (χ0v) is 25.7. The molecule has 4 rings (SSSR count). The van der Waals surface area contributed by atoms with Crippen LogP contribution in [-0.2, 0) is 26.2 Å². The maximum atomic E-state index is 13.3. The molecule has 0 bridgehead atoms. The van der Waals surface area contributed by atoms with Gasteiger partial charge >= 0.3 is 12.1 Å². The minimum absolute atomic E-state index is 0.0896. The van der Waals surface area contributed by atoms with Crippen LogP contribution >= 0.6 is 23.2 Å². The summed E-state index contributed by atoms with van der Waals surface area (Å²) in [7, 11) is -4.22. The molecule has 0 saturated carbocycles. The number of aliphatic carboxylic acids is 1. The Morgan fingerprint density at radius 2 is 1.59 bits per heavy atom. The maximum absolute atomic E-state index is 13.3. The Hall–Kier alpha value is -3.91. The van der Waals surface area contributed by atoms with Crippen LogP contribution in [-0.4, -0.2) is 42.1 Å². The van der Waals surface area contributed by atoms with Gasteiger partial charge in [-0.2, -0.15) is 17.9 Å². The van der Waals surface area contributed by atoms with Crippen molar-refractivity contribution in [3.63, 3.8) is 0 Å². The molecule has 1 aromatic heterocycles. The highest BCUT2D eigenvalue weighted by molar-refractivity contribution is 7.89. The quantitative estimate of drug-likeness (QED) is 0.188. The van der Waals surface area contributed by atoms with Gasteiger partial charge in [0.2, 0.25) is 15.9 Å². The fourth-order valence-corrected chi connectivity index (χ4v) is 5.91. The van der Waals surface area contributed by atoms with Crippen molar-refractivity contribution in [1.29, 1.82) is 0 Å². The van der Waals surface area contributed by atoms with Gasteiger partial charge in [0.15, 0.2) is 0 Å². The first-order chi connectivity index (χ1) is 20.4. The van der Waals surface area contributed by atoms with Crippen molar-refractivity contribution in [3.8, 4) is 5.75 Å². The zero-order chi connectivity index (χ0) is 32.9. The Balaban J connectivity index is 0.000000676. The van der Waals surface area contributed by atoms with Crippen LogP contribution < -0.4 is 14.8 Å². The maximum Gasteiger partial charge on any atom is 0.490 e. The summed E-state index contributed by atoms with van der Waals surface area (Å²) in [5, 5.41) is 10.9. The Morgan fingerprint density at radius 3 is 2.20 bits per heavy atom. The van der Waals surface area contributed by atoms with E-state index in [1.54, 1.807) is 30.3 Å². The predicted octanol–water partition coefficient (Wildman–Crippen LogP) is 6.76. The first-order valence-corrected chi connectivity index (χ1v) is 14.8. The highest BCUT2D eigenvalue weighted by atomic mass is 35.5. The molecule has 0 unspecified atom stereocenters. The van der Waals surface area contributed by atoms with Gasteiger partial charge < -0.3 is 15.2 Å². The lowest BCUT2D eigenvalue weighted by atomic mass is 10.1. The number of fused-ring (bicyclic) bond motifs is 1. The van der Waals surface area contributed by atoms with Gasteiger partial charge in [-0.05, 0) is 57.2 Å². The van der Waals surface area contributed by atoms with E-state index in [0.717, 1.165) is 11.1 Å². The molecule has 0 atom stereocenters. The Bertz CT molecular complexity index is 1790. The molecule has 0 spiro atoms. The fourth-order valence-electron chi connectivity index (χ4n) is 3.65. The topological polar surface area (TPSA) is 135 Å². The largest absolute Gasteiger partial charge is 0.490 e. The van der Waals surface area contributed by atoms with Crippen molar-refractivity contribution in [3.05, 3.63) is 94.1 Å². The number of anilines is 1. The van der Waals surface area contributed by atoms with Crippen molar-refractivity contribution in [2.45, 2.75) is 44.0 Å². The summed E-state index contributed by atoms with van der Waals surface area (Å²) in [6.45, 7) is 4.72. The SMILES string of the molecule is Cc1ccc2cccc(OCc3c(Cl)ccc(S(=O)(=O)NC(C)(C)C(=O)Nc4ccccc4)c3Cl)c2n1.O=C(O)C(F)(F)F. The van der Waals surface area contributed by atoms with Gasteiger partial charge in [0.25, 0.3) is 0 Å². The lowest BCUT2D eigenvalue weighted by molar-refractivity contribution is -0.192. The number of halogens is 5. The van der Waals surface area contributed by atoms with Gasteiger partial charge in [0.05, 0.1) is 5.02 Å². The number of alkyl halides is 3. The van der Waals surface area contributed by atoms with E-state index < -0.39 is 33.6 Å². The lowest BCUT2D eigenvalue weighted by Gasteiger charge is -2.25. The number of carboxylic acids is 1. The van der Waals surface area contributed by atoms with Crippen LogP contribution in [0.5, 0.6) is 5.75 Å². The number of carbonyl (C=O) groups excluding carboxylic acids is 1. The second-order valence-electron chi connectivity index (χ2n) is 9.76. The second kappa shape index (κ2) is 13.8. The summed E-state index contributed by atoms with van der Waals surface area (Å²) in [4.78, 5) is 26.0. The Labute approximate surface area is 261 Å². The van der Waals surface area contributed by atoms with E-state index in [1.807, 2.05) is 37.3 Å². The average Bonchev–Trinajstić information content (AvgIpc) is 2.92. The van der Waals surface area contributed by atoms with Crippen LogP contribution in [0.1, 0.15) is 25.1 Å². The number of ether oxygens (including phenoxy) is 1. The molecule has 3 N–H and O–H groups in total. The van der Waals surface area contributed by atoms with Crippen LogP contribution in [0.15, 0.2) is 77.7 Å². The smallest absolute Gasteiger partial charge is 0.487 e. The van der Waals surface area contributed by atoms with Crippen LogP contribution in [0.4, 0.5) is 18.9 Å². The van der Waals surface area contributed by atoms with Crippen molar-refractivity contribution in [2.24, 2.45) is 0 Å². The number of nitrogens with one attached hydrogen (secondary N) is 2. The molecular formula is C29H26Cl2F3N3O6S. The van der Waals surface area contributed by atoms with Crippen molar-refractivity contribution in [2.75, 3.05) is 5.32 Å². The van der Waals surface area contributed by atoms with Gasteiger partial charge in [-0.25, -0.2) is 18.2 Å². The van der Waals surface area contributed by atoms with Gasteiger partial charge in [-0.1, -0.05) is 59.6 Å². The zero-order valence-electron chi connectivity index (χ0n) is 23.4. The number of para-hydroxylation sites is 2. The summed E-state index contributed by atoms with van der Waals surface area (Å²) >= 11 is 12.9. The highest BCUT2D eigenvalue weighted by Crippen LogP contribution is 2.34. The van der Waals surface area contributed by atoms with Crippen LogP contribution in [0.3, 0.4) is 0 Å². The molecular weight excluding hydrogens is 646 g/mol. The second-order valence-corrected chi connectivity index (χ2v) is 12.2. The van der Waals surface area contributed by atoms with Crippen molar-refractivity contribution in [1.82, 2.24) is 9.71 Å². The van der Waals surface area contributed by atoms with E-state index in [-0.39, 0.29) is 21.5 Å². The number of rotatable bonds is 8. The molecule has 0 radical (unpaired) electrons. The number of aryl methyl sites for hydroxylation is 1. The Morgan fingerprint density at radius 1 is 0.955 bits per heavy atom. The molecule has 3 aromatic carbocycles. The van der Waals surface area contributed by atoms with Crippen molar-refractivity contribution < 1.29 is 41.0 Å². The number of benzene rings is 3. The fraction of sp³-hybridized carbons (Fsp3) is 0.207. The van der Waals surface area contributed by atoms with E-state index in [0.29, 0.717) is 22.5 Å². The number of hydrogen-bond donors (Lipinski definition) is 3. The van der Waals surface area contributed by atoms with E-state index in [9.17, 15) is 26.4 Å². The molecule has 44 heavy (non-hydrogen) atoms. The van der Waals surface area contributed by atoms with E-state index in [1.165, 1.54) is 26.0 Å². The molecule has 0 aliphatic heterocycles. The van der Waals surface area contributed by atoms with Crippen LogP contribution in [0.25, 0.3) is 10.9 Å². The molecule has 15 heteroatoms. The molecule has 9 nitrogen and oxygen atoms in total. The number of nitrogens with zero attached hydrogens (tertiary/aromatic N) is 1. The van der Waals surface area contributed by atoms with Crippen LogP contribution in [0, 0.1) is 6.92 Å². The molecule has 0 saturated heterocycles. The van der Waals surface area contributed by atoms with Gasteiger partial charge in [-0.3, -0.25) is 4.79 Å². The van der Waals surface area contributed by atoms with Gasteiger partial charge in [0, 0.05) is 27.4 Å². The monoisotopic (exact) mass is 671 g/mol. The average molecular weight is 673 g/mol. The minimum atomic E-state index is -5.08. The number of hydrogen-bond acceptors (Lipinski definition) is 6. The molecule has 1 heterocycles. The lowest BCUT2D eigenvalue weighted by Crippen LogP contribution is -2.52. The predicted molar refractivity (Wildman–Crippen MR) is 160 cm³/mol. The highest BCUT2D eigenvalue weighted by Gasteiger charge is 2.38.